The maximum atomic E-state index is 12.5. The fourth-order valence-electron chi connectivity index (χ4n) is 2.53. The number of methoxy groups -OCH3 is 2. The molecule has 0 saturated heterocycles. The highest BCUT2D eigenvalue weighted by Crippen LogP contribution is 2.19. The van der Waals surface area contributed by atoms with Gasteiger partial charge in [-0.1, -0.05) is 12.1 Å². The first-order valence-electron chi connectivity index (χ1n) is 8.94. The summed E-state index contributed by atoms with van der Waals surface area (Å²) >= 11 is 0. The molecule has 0 atom stereocenters. The Balaban J connectivity index is 1.68. The lowest BCUT2D eigenvalue weighted by atomic mass is 10.1. The van der Waals surface area contributed by atoms with Crippen LogP contribution in [0.5, 0.6) is 11.5 Å². The largest absolute Gasteiger partial charge is 0.497 e. The molecule has 0 unspecified atom stereocenters. The van der Waals surface area contributed by atoms with Gasteiger partial charge in [-0.05, 0) is 71.8 Å². The van der Waals surface area contributed by atoms with E-state index in [1.165, 1.54) is 0 Å². The zero-order valence-electron chi connectivity index (χ0n) is 16.2. The molecule has 0 spiro atoms. The Bertz CT molecular complexity index is 1010. The van der Waals surface area contributed by atoms with Crippen molar-refractivity contribution in [2.45, 2.75) is 0 Å². The second-order valence-corrected chi connectivity index (χ2v) is 6.02. The molecule has 0 aromatic heterocycles. The summed E-state index contributed by atoms with van der Waals surface area (Å²) in [6.07, 6.45) is 3.27. The first kappa shape index (κ1) is 19.8. The molecule has 3 aromatic carbocycles. The Morgan fingerprint density at radius 2 is 1.34 bits per heavy atom. The van der Waals surface area contributed by atoms with Gasteiger partial charge in [0.2, 0.25) is 0 Å². The van der Waals surface area contributed by atoms with Crippen molar-refractivity contribution in [1.82, 2.24) is 5.43 Å². The Hall–Kier alpha value is -3.93. The standard InChI is InChI=1S/C23H21N3O3/c1-28-19-11-7-17(8-12-19)15-24-22-6-4-3-5-21(22)23(27)26-25-16-18-9-13-20(29-2)14-10-18/h3-16H,1-2H3,(H,26,27)/b24-15?,25-16+. The van der Waals surface area contributed by atoms with Crippen LogP contribution in [0.2, 0.25) is 0 Å². The van der Waals surface area contributed by atoms with Gasteiger partial charge in [-0.2, -0.15) is 5.10 Å². The Kier molecular flexibility index (Phi) is 6.73. The molecule has 1 amide bonds. The molecule has 0 bridgehead atoms. The summed E-state index contributed by atoms with van der Waals surface area (Å²) < 4.78 is 10.3. The molecular weight excluding hydrogens is 366 g/mol. The molecule has 6 heteroatoms. The van der Waals surface area contributed by atoms with E-state index in [4.69, 9.17) is 9.47 Å². The van der Waals surface area contributed by atoms with Gasteiger partial charge in [-0.3, -0.25) is 9.79 Å². The van der Waals surface area contributed by atoms with Crippen molar-refractivity contribution in [1.29, 1.82) is 0 Å². The number of carbonyl (C=O) groups is 1. The van der Waals surface area contributed by atoms with E-state index in [-0.39, 0.29) is 5.91 Å². The number of aliphatic imine (C=N–C) groups is 1. The van der Waals surface area contributed by atoms with E-state index in [2.05, 4.69) is 15.5 Å². The van der Waals surface area contributed by atoms with Crippen molar-refractivity contribution in [3.05, 3.63) is 89.5 Å². The number of nitrogens with zero attached hydrogens (tertiary/aromatic N) is 2. The lowest BCUT2D eigenvalue weighted by molar-refractivity contribution is 0.0956. The number of hydrogen-bond acceptors (Lipinski definition) is 5. The van der Waals surface area contributed by atoms with Crippen molar-refractivity contribution in [3.8, 4) is 11.5 Å². The van der Waals surface area contributed by atoms with Crippen LogP contribution in [0.4, 0.5) is 5.69 Å². The Morgan fingerprint density at radius 3 is 1.93 bits per heavy atom. The normalized spacial score (nSPS) is 11.0. The predicted octanol–water partition coefficient (Wildman–Crippen LogP) is 4.22. The van der Waals surface area contributed by atoms with E-state index in [9.17, 15) is 4.79 Å². The van der Waals surface area contributed by atoms with Crippen LogP contribution in [0.25, 0.3) is 0 Å². The smallest absolute Gasteiger partial charge is 0.273 e. The highest BCUT2D eigenvalue weighted by molar-refractivity contribution is 6.00. The lowest BCUT2D eigenvalue weighted by Crippen LogP contribution is -2.17. The van der Waals surface area contributed by atoms with E-state index in [0.29, 0.717) is 11.3 Å². The summed E-state index contributed by atoms with van der Waals surface area (Å²) in [5, 5.41) is 4.02. The highest BCUT2D eigenvalue weighted by Gasteiger charge is 2.09. The number of nitrogens with one attached hydrogen (secondary N) is 1. The summed E-state index contributed by atoms with van der Waals surface area (Å²) in [5.74, 6) is 1.20. The van der Waals surface area contributed by atoms with Gasteiger partial charge in [0.25, 0.3) is 5.91 Å². The average Bonchev–Trinajstić information content (AvgIpc) is 2.78. The number of amides is 1. The molecule has 0 aliphatic rings. The third-order valence-corrected chi connectivity index (χ3v) is 4.11. The van der Waals surface area contributed by atoms with Crippen molar-refractivity contribution in [2.75, 3.05) is 14.2 Å². The first-order chi connectivity index (χ1) is 14.2. The minimum Gasteiger partial charge on any atom is -0.497 e. The van der Waals surface area contributed by atoms with Crippen molar-refractivity contribution in [2.24, 2.45) is 10.1 Å². The fourth-order valence-corrected chi connectivity index (χ4v) is 2.53. The number of hydrogen-bond donors (Lipinski definition) is 1. The van der Waals surface area contributed by atoms with Gasteiger partial charge in [0.15, 0.2) is 0 Å². The Labute approximate surface area is 169 Å². The summed E-state index contributed by atoms with van der Waals surface area (Å²) in [5.41, 5.74) is 5.27. The predicted molar refractivity (Wildman–Crippen MR) is 115 cm³/mol. The molecule has 0 aliphatic carbocycles. The van der Waals surface area contributed by atoms with Gasteiger partial charge in [0.1, 0.15) is 11.5 Å². The van der Waals surface area contributed by atoms with Crippen molar-refractivity contribution < 1.29 is 14.3 Å². The third kappa shape index (κ3) is 5.52. The summed E-state index contributed by atoms with van der Waals surface area (Å²) in [6, 6.07) is 21.9. The molecule has 0 heterocycles. The van der Waals surface area contributed by atoms with Crippen LogP contribution in [0.15, 0.2) is 82.9 Å². The van der Waals surface area contributed by atoms with Gasteiger partial charge in [0.05, 0.1) is 31.7 Å². The van der Waals surface area contributed by atoms with E-state index in [0.717, 1.165) is 22.6 Å². The van der Waals surface area contributed by atoms with E-state index >= 15 is 0 Å². The van der Waals surface area contributed by atoms with Gasteiger partial charge in [-0.15, -0.1) is 0 Å². The SMILES string of the molecule is COc1ccc(C=Nc2ccccc2C(=O)N/N=C/c2ccc(OC)cc2)cc1. The van der Waals surface area contributed by atoms with Crippen LogP contribution in [-0.4, -0.2) is 32.6 Å². The van der Waals surface area contributed by atoms with Crippen LogP contribution < -0.4 is 14.9 Å². The van der Waals surface area contributed by atoms with Gasteiger partial charge < -0.3 is 9.47 Å². The van der Waals surface area contributed by atoms with Crippen molar-refractivity contribution in [3.63, 3.8) is 0 Å². The van der Waals surface area contributed by atoms with E-state index in [1.54, 1.807) is 44.8 Å². The third-order valence-electron chi connectivity index (χ3n) is 4.11. The zero-order valence-corrected chi connectivity index (χ0v) is 16.2. The Morgan fingerprint density at radius 1 is 0.793 bits per heavy atom. The van der Waals surface area contributed by atoms with Crippen LogP contribution >= 0.6 is 0 Å². The quantitative estimate of drug-likeness (QED) is 0.487. The molecule has 0 saturated carbocycles. The number of para-hydroxylation sites is 1. The number of benzene rings is 3. The fraction of sp³-hybridized carbons (Fsp3) is 0.0870. The maximum absolute atomic E-state index is 12.5. The summed E-state index contributed by atoms with van der Waals surface area (Å²) in [6.45, 7) is 0. The number of rotatable bonds is 7. The molecule has 146 valence electrons. The second-order valence-electron chi connectivity index (χ2n) is 6.02. The van der Waals surface area contributed by atoms with Crippen molar-refractivity contribution >= 4 is 24.0 Å². The number of carbonyl (C=O) groups excluding carboxylic acids is 1. The molecule has 3 aromatic rings. The van der Waals surface area contributed by atoms with Gasteiger partial charge >= 0.3 is 0 Å². The molecule has 29 heavy (non-hydrogen) atoms. The molecule has 3 rings (SSSR count). The van der Waals surface area contributed by atoms with Gasteiger partial charge in [-0.25, -0.2) is 5.43 Å². The minimum atomic E-state index is -0.336. The van der Waals surface area contributed by atoms with E-state index < -0.39 is 0 Å². The van der Waals surface area contributed by atoms with Crippen LogP contribution in [0.3, 0.4) is 0 Å². The lowest BCUT2D eigenvalue weighted by Gasteiger charge is -2.04. The molecule has 1 N–H and O–H groups in total. The van der Waals surface area contributed by atoms with E-state index in [1.807, 2.05) is 54.6 Å². The minimum absolute atomic E-state index is 0.336. The topological polar surface area (TPSA) is 72.3 Å². The summed E-state index contributed by atoms with van der Waals surface area (Å²) in [7, 11) is 3.23. The van der Waals surface area contributed by atoms with Crippen LogP contribution in [-0.2, 0) is 0 Å². The molecule has 0 aliphatic heterocycles. The average molecular weight is 387 g/mol. The van der Waals surface area contributed by atoms with Crippen LogP contribution in [0.1, 0.15) is 21.5 Å². The maximum Gasteiger partial charge on any atom is 0.273 e. The molecule has 6 nitrogen and oxygen atoms in total. The highest BCUT2D eigenvalue weighted by atomic mass is 16.5. The monoisotopic (exact) mass is 387 g/mol. The number of ether oxygens (including phenoxy) is 2. The molecule has 0 radical (unpaired) electrons. The zero-order chi connectivity index (χ0) is 20.5. The second kappa shape index (κ2) is 9.85. The van der Waals surface area contributed by atoms with Gasteiger partial charge in [0, 0.05) is 6.21 Å². The molecule has 0 fully saturated rings. The summed E-state index contributed by atoms with van der Waals surface area (Å²) in [4.78, 5) is 17.0. The first-order valence-corrected chi connectivity index (χ1v) is 8.94. The number of hydrazone groups is 1. The van der Waals surface area contributed by atoms with Crippen LogP contribution in [0, 0.1) is 0 Å². The molecular formula is C23H21N3O3.